The van der Waals surface area contributed by atoms with Crippen LogP contribution in [0.25, 0.3) is 10.4 Å². The summed E-state index contributed by atoms with van der Waals surface area (Å²) in [4.78, 5) is 68.7. The first kappa shape index (κ1) is 63.6. The number of hydrogen-bond donors (Lipinski definition) is 9. The molecule has 4 aliphatic rings. The Labute approximate surface area is 464 Å². The fraction of sp³-hybridized carbons (Fsp3) is 0.571. The van der Waals surface area contributed by atoms with Crippen molar-refractivity contribution in [2.75, 3.05) is 32.8 Å². The Morgan fingerprint density at radius 1 is 0.974 bits per heavy atom. The predicted molar refractivity (Wildman–Crippen MR) is 305 cm³/mol. The molecule has 2 aromatic carbocycles. The Bertz CT molecular complexity index is 2440. The number of hydrogen-bond acceptors (Lipinski definition) is 15. The molecule has 15 N–H and O–H groups in total. The topological polar surface area (TPSA) is 318 Å². The number of β-amino-alcohol motifs (C(OH)–C–C–N with tert-alkyl or cyclic N) is 1. The minimum Gasteiger partial charge on any atom is -0.490 e. The number of carbonyl (C=O) groups excluding carboxylic acids is 5. The van der Waals surface area contributed by atoms with Gasteiger partial charge >= 0.3 is 0 Å². The number of halogens is 1. The minimum atomic E-state index is -0.567. The summed E-state index contributed by atoms with van der Waals surface area (Å²) in [5, 5.41) is 15.9. The molecule has 0 spiro atoms. The third-order valence-electron chi connectivity index (χ3n) is 14.1. The van der Waals surface area contributed by atoms with Crippen LogP contribution < -0.4 is 49.8 Å². The first-order chi connectivity index (χ1) is 36.4. The van der Waals surface area contributed by atoms with Crippen LogP contribution in [0.4, 0.5) is 0 Å². The smallest absolute Gasteiger partial charge is 0.245 e. The first-order valence-electron chi connectivity index (χ1n) is 26.8. The van der Waals surface area contributed by atoms with Crippen LogP contribution >= 0.6 is 22.9 Å². The number of nitrogens with zero attached hydrogens (tertiary/aromatic N) is 4. The summed E-state index contributed by atoms with van der Waals surface area (Å²) in [6, 6.07) is 13.4. The van der Waals surface area contributed by atoms with E-state index in [9.17, 15) is 29.1 Å². The number of carbonyl (C=O) groups is 5. The maximum Gasteiger partial charge on any atom is 0.245 e. The molecule has 0 bridgehead atoms. The van der Waals surface area contributed by atoms with Gasteiger partial charge in [-0.25, -0.2) is 4.98 Å². The number of aliphatic hydroxyl groups is 1. The third kappa shape index (κ3) is 20.4. The molecule has 0 radical (unpaired) electrons. The second-order valence-electron chi connectivity index (χ2n) is 21.6. The zero-order valence-electron chi connectivity index (χ0n) is 46.2. The van der Waals surface area contributed by atoms with Crippen molar-refractivity contribution >= 4 is 53.0 Å². The fourth-order valence-corrected chi connectivity index (χ4v) is 10.3. The SMILES string of the molecule is CC(=O)N1CCC2CCC(C)N2C(=O)C(N)C1.CC(C)(C)[C@H](N/C=C(\N)C1CC1)C(=O)N1CCC(O)C1.Cc1ncsc1-c1ccc([C@H](C)N)cc1.N/C=C(\N)CCCc1cccc(OCC(CCC(N)=O)NC=O)c1Cl. The molecule has 5 unspecified atom stereocenters. The van der Waals surface area contributed by atoms with E-state index in [4.69, 9.17) is 50.7 Å². The molecule has 4 fully saturated rings. The monoisotopic (exact) mass is 1110 g/mol. The molecule has 3 aliphatic heterocycles. The van der Waals surface area contributed by atoms with Crippen LogP contribution in [0.3, 0.4) is 0 Å². The molecule has 21 heteroatoms. The lowest BCUT2D eigenvalue weighted by Crippen LogP contribution is -2.56. The summed E-state index contributed by atoms with van der Waals surface area (Å²) in [5.74, 6) is 0.654. The van der Waals surface area contributed by atoms with Crippen molar-refractivity contribution in [2.45, 2.75) is 161 Å². The number of fused-ring (bicyclic) bond motifs is 1. The summed E-state index contributed by atoms with van der Waals surface area (Å²) in [7, 11) is 0. The van der Waals surface area contributed by atoms with Crippen molar-refractivity contribution in [3.05, 3.63) is 93.6 Å². The van der Waals surface area contributed by atoms with Crippen molar-refractivity contribution in [2.24, 2.45) is 45.7 Å². The van der Waals surface area contributed by atoms with E-state index in [2.05, 4.69) is 46.8 Å². The molecule has 7 atom stereocenters. The quantitative estimate of drug-likeness (QED) is 0.0753. The number of benzene rings is 2. The van der Waals surface area contributed by atoms with Crippen LogP contribution in [0.5, 0.6) is 5.75 Å². The Morgan fingerprint density at radius 3 is 2.22 bits per heavy atom. The Hall–Kier alpha value is -5.93. The number of aromatic nitrogens is 1. The van der Waals surface area contributed by atoms with Crippen LogP contribution in [-0.4, -0.2) is 124 Å². The van der Waals surface area contributed by atoms with E-state index < -0.39 is 11.9 Å². The van der Waals surface area contributed by atoms with Gasteiger partial charge in [0.25, 0.3) is 0 Å². The number of likely N-dealkylation sites (tertiary alicyclic amines) is 1. The van der Waals surface area contributed by atoms with E-state index in [1.165, 1.54) is 29.1 Å². The molecule has 4 heterocycles. The first-order valence-corrected chi connectivity index (χ1v) is 28.0. The lowest BCUT2D eigenvalue weighted by molar-refractivity contribution is -0.139. The lowest BCUT2D eigenvalue weighted by Gasteiger charge is -2.36. The second kappa shape index (κ2) is 30.9. The molecule has 3 aromatic rings. The molecule has 1 aromatic heterocycles. The van der Waals surface area contributed by atoms with Crippen molar-refractivity contribution in [1.82, 2.24) is 30.3 Å². The van der Waals surface area contributed by atoms with Crippen molar-refractivity contribution in [3.63, 3.8) is 0 Å². The molecular weight excluding hydrogens is 1020 g/mol. The van der Waals surface area contributed by atoms with Crippen molar-refractivity contribution in [3.8, 4) is 16.2 Å². The number of aliphatic hydroxyl groups excluding tert-OH is 1. The number of ether oxygens (including phenoxy) is 1. The number of thiazole rings is 1. The zero-order valence-corrected chi connectivity index (χ0v) is 47.8. The molecule has 426 valence electrons. The van der Waals surface area contributed by atoms with Gasteiger partial charge in [0.1, 0.15) is 24.4 Å². The third-order valence-corrected chi connectivity index (χ3v) is 15.5. The highest BCUT2D eigenvalue weighted by Gasteiger charge is 2.39. The van der Waals surface area contributed by atoms with Gasteiger partial charge in [0.2, 0.25) is 30.0 Å². The maximum atomic E-state index is 12.6. The second-order valence-corrected chi connectivity index (χ2v) is 22.8. The number of allylic oxidation sites excluding steroid dienone is 2. The molecule has 1 saturated carbocycles. The molecule has 5 amide bonds. The van der Waals surface area contributed by atoms with Gasteiger partial charge in [0.05, 0.1) is 33.3 Å². The average Bonchev–Trinajstić information content (AvgIpc) is 3.84. The number of aryl methyl sites for hydroxylation is 2. The van der Waals surface area contributed by atoms with Gasteiger partial charge in [-0.05, 0) is 119 Å². The number of amides is 5. The normalized spacial score (nSPS) is 20.8. The molecule has 3 saturated heterocycles. The van der Waals surface area contributed by atoms with Crippen molar-refractivity contribution < 1.29 is 33.8 Å². The van der Waals surface area contributed by atoms with Crippen LogP contribution in [0.15, 0.2) is 71.8 Å². The highest BCUT2D eigenvalue weighted by atomic mass is 35.5. The Kier molecular flexibility index (Phi) is 25.5. The van der Waals surface area contributed by atoms with Crippen LogP contribution in [0.1, 0.15) is 129 Å². The van der Waals surface area contributed by atoms with Gasteiger partial charge in [-0.3, -0.25) is 24.0 Å². The minimum absolute atomic E-state index is 0.00551. The average molecular weight is 1110 g/mol. The lowest BCUT2D eigenvalue weighted by atomic mass is 9.86. The standard InChI is InChI=1S/C17H25ClN4O3.C15H27N3O2.C12H21N3O2.C12H14N2S/c18-17-12(3-1-5-13(20)9-19)4-2-6-15(17)25-10-14(22-11-23)7-8-16(21)24;1-15(2,3)13(17-8-12(16)10-4-5-10)14(20)18-7-6-11(19)9-18;1-8-3-4-10-5-6-14(9(2)16)7-11(13)12(17)15(8)10;1-8(13)10-3-5-11(6-4-10)12-9(2)14-7-15-12/h2,4,6,9,11,14H,1,3,5,7-8,10,19-20H2,(H2,21,24)(H,22,23);8,10-11,13,17,19H,4-7,9,16H2,1-3H3;8,10-11H,3-7,13H2,1-2H3;3-8H,13H2,1-2H3/b13-9-;12-8-;;/t;11?,13-;;8-/m.1.0/s1. The van der Waals surface area contributed by atoms with Gasteiger partial charge < -0.3 is 69.6 Å². The molecule has 77 heavy (non-hydrogen) atoms. The molecule has 19 nitrogen and oxygen atoms in total. The van der Waals surface area contributed by atoms with E-state index in [1.54, 1.807) is 33.4 Å². The van der Waals surface area contributed by atoms with Gasteiger partial charge in [-0.1, -0.05) is 68.8 Å². The van der Waals surface area contributed by atoms with Crippen LogP contribution in [0.2, 0.25) is 5.02 Å². The summed E-state index contributed by atoms with van der Waals surface area (Å²) in [6.45, 7) is 16.1. The van der Waals surface area contributed by atoms with Gasteiger partial charge in [-0.15, -0.1) is 11.3 Å². The fourth-order valence-electron chi connectivity index (χ4n) is 9.23. The van der Waals surface area contributed by atoms with Crippen molar-refractivity contribution in [1.29, 1.82) is 0 Å². The number of rotatable bonds is 18. The number of nitrogens with one attached hydrogen (secondary N) is 2. The van der Waals surface area contributed by atoms with Crippen LogP contribution in [-0.2, 0) is 30.4 Å². The Morgan fingerprint density at radius 2 is 1.66 bits per heavy atom. The van der Waals surface area contributed by atoms with E-state index >= 15 is 0 Å². The van der Waals surface area contributed by atoms with E-state index in [0.29, 0.717) is 80.3 Å². The molecule has 1 aliphatic carbocycles. The van der Waals surface area contributed by atoms with Gasteiger partial charge in [0.15, 0.2) is 0 Å². The summed E-state index contributed by atoms with van der Waals surface area (Å²) in [5.41, 5.74) is 41.4. The summed E-state index contributed by atoms with van der Waals surface area (Å²) < 4.78 is 5.71. The van der Waals surface area contributed by atoms with E-state index in [-0.39, 0.29) is 66.4 Å². The number of nitrogens with two attached hydrogens (primary N) is 6. The largest absolute Gasteiger partial charge is 0.490 e. The van der Waals surface area contributed by atoms with Gasteiger partial charge in [-0.2, -0.15) is 0 Å². The maximum absolute atomic E-state index is 12.6. The van der Waals surface area contributed by atoms with Gasteiger partial charge in [0, 0.05) is 81.4 Å². The highest BCUT2D eigenvalue weighted by Crippen LogP contribution is 2.34. The summed E-state index contributed by atoms with van der Waals surface area (Å²) >= 11 is 8.06. The number of primary amides is 1. The molecule has 7 rings (SSSR count). The van der Waals surface area contributed by atoms with E-state index in [0.717, 1.165) is 61.9 Å². The van der Waals surface area contributed by atoms with E-state index in [1.807, 2.05) is 57.2 Å². The Balaban J connectivity index is 0.000000225. The highest BCUT2D eigenvalue weighted by molar-refractivity contribution is 7.13. The summed E-state index contributed by atoms with van der Waals surface area (Å²) in [6.07, 6.45) is 12.1. The van der Waals surface area contributed by atoms with Crippen LogP contribution in [0, 0.1) is 18.3 Å². The predicted octanol–water partition coefficient (Wildman–Crippen LogP) is 5.06. The zero-order chi connectivity index (χ0) is 57.0. The molecular formula is C56H87ClN12O7S.